The van der Waals surface area contributed by atoms with Crippen LogP contribution >= 0.6 is 0 Å². The van der Waals surface area contributed by atoms with E-state index in [2.05, 4.69) is 50.1 Å². The first kappa shape index (κ1) is 19.4. The number of rotatable bonds is 6. The lowest BCUT2D eigenvalue weighted by atomic mass is 10.1. The fraction of sp³-hybridized carbons (Fsp3) is 0.478. The molecule has 1 saturated carbocycles. The van der Waals surface area contributed by atoms with Gasteiger partial charge in [0.2, 0.25) is 5.91 Å². The van der Waals surface area contributed by atoms with Crippen LogP contribution < -0.4 is 0 Å². The predicted molar refractivity (Wildman–Crippen MR) is 111 cm³/mol. The Hall–Kier alpha value is -2.36. The van der Waals surface area contributed by atoms with E-state index < -0.39 is 0 Å². The maximum atomic E-state index is 12.7. The zero-order valence-corrected chi connectivity index (χ0v) is 17.0. The molecule has 0 atom stereocenters. The Bertz CT molecular complexity index is 811. The second-order valence-corrected chi connectivity index (χ2v) is 7.62. The summed E-state index contributed by atoms with van der Waals surface area (Å²) < 4.78 is 2.03. The Morgan fingerprint density at radius 1 is 1.19 bits per heavy atom. The van der Waals surface area contributed by atoms with Crippen molar-refractivity contribution in [3.63, 3.8) is 0 Å². The van der Waals surface area contributed by atoms with Gasteiger partial charge >= 0.3 is 0 Å². The van der Waals surface area contributed by atoms with Crippen LogP contribution in [0.1, 0.15) is 60.7 Å². The minimum atomic E-state index is 0.120. The highest BCUT2D eigenvalue weighted by Gasteiger charge is 2.24. The molecule has 1 fully saturated rings. The van der Waals surface area contributed by atoms with Gasteiger partial charge in [-0.3, -0.25) is 9.48 Å². The van der Waals surface area contributed by atoms with E-state index in [0.29, 0.717) is 6.04 Å². The highest BCUT2D eigenvalue weighted by Crippen LogP contribution is 2.24. The number of hydrogen-bond acceptors (Lipinski definition) is 2. The van der Waals surface area contributed by atoms with Gasteiger partial charge in [-0.15, -0.1) is 0 Å². The lowest BCUT2D eigenvalue weighted by Crippen LogP contribution is -2.37. The van der Waals surface area contributed by atoms with Gasteiger partial charge < -0.3 is 4.90 Å². The van der Waals surface area contributed by atoms with Crippen LogP contribution in [-0.2, 0) is 11.3 Å². The summed E-state index contributed by atoms with van der Waals surface area (Å²) in [4.78, 5) is 14.7. The molecule has 0 N–H and O–H groups in total. The molecule has 4 nitrogen and oxygen atoms in total. The van der Waals surface area contributed by atoms with E-state index in [1.165, 1.54) is 24.0 Å². The van der Waals surface area contributed by atoms with E-state index in [0.717, 1.165) is 42.9 Å². The summed E-state index contributed by atoms with van der Waals surface area (Å²) >= 11 is 0. The summed E-state index contributed by atoms with van der Waals surface area (Å²) in [7, 11) is 0. The molecule has 1 heterocycles. The maximum absolute atomic E-state index is 12.7. The van der Waals surface area contributed by atoms with Gasteiger partial charge in [0.25, 0.3) is 0 Å². The second kappa shape index (κ2) is 8.55. The number of likely N-dealkylation sites (N-methyl/N-ethyl adjacent to an activating group) is 1. The lowest BCUT2D eigenvalue weighted by molar-refractivity contribution is -0.127. The molecule has 0 unspecified atom stereocenters. The maximum Gasteiger partial charge on any atom is 0.246 e. The fourth-order valence-corrected chi connectivity index (χ4v) is 4.03. The standard InChI is InChI=1S/C23H31N3O/c1-5-25(21-8-6-7-9-21)23(27)15-14-22-18(3)24-26(19(22)4)16-20-12-10-17(2)11-13-20/h10-15,21H,5-9,16H2,1-4H3/b15-14+. The van der Waals surface area contributed by atoms with Crippen LogP contribution in [0.3, 0.4) is 0 Å². The smallest absolute Gasteiger partial charge is 0.246 e. The van der Waals surface area contributed by atoms with Crippen LogP contribution in [0.15, 0.2) is 30.3 Å². The Kier molecular flexibility index (Phi) is 6.15. The molecular weight excluding hydrogens is 334 g/mol. The van der Waals surface area contributed by atoms with Crippen molar-refractivity contribution in [2.24, 2.45) is 0 Å². The molecule has 0 aliphatic heterocycles. The number of benzene rings is 1. The fourth-order valence-electron chi connectivity index (χ4n) is 4.03. The zero-order chi connectivity index (χ0) is 19.4. The van der Waals surface area contributed by atoms with Crippen molar-refractivity contribution in [2.45, 2.75) is 66.0 Å². The molecule has 1 aromatic carbocycles. The monoisotopic (exact) mass is 365 g/mol. The van der Waals surface area contributed by atoms with Crippen LogP contribution in [0.2, 0.25) is 0 Å². The molecule has 0 spiro atoms. The van der Waals surface area contributed by atoms with Gasteiger partial charge in [-0.05, 0) is 52.2 Å². The molecule has 4 heteroatoms. The highest BCUT2D eigenvalue weighted by atomic mass is 16.2. The normalized spacial score (nSPS) is 15.0. The number of amides is 1. The van der Waals surface area contributed by atoms with Gasteiger partial charge in [-0.2, -0.15) is 5.10 Å². The lowest BCUT2D eigenvalue weighted by Gasteiger charge is -2.26. The van der Waals surface area contributed by atoms with Gasteiger partial charge in [0, 0.05) is 29.9 Å². The quantitative estimate of drug-likeness (QED) is 0.698. The summed E-state index contributed by atoms with van der Waals surface area (Å²) in [6.07, 6.45) is 8.43. The highest BCUT2D eigenvalue weighted by molar-refractivity contribution is 5.92. The topological polar surface area (TPSA) is 38.1 Å². The number of aryl methyl sites for hydroxylation is 2. The van der Waals surface area contributed by atoms with Crippen LogP contribution in [0, 0.1) is 20.8 Å². The number of aromatic nitrogens is 2. The van der Waals surface area contributed by atoms with Crippen molar-refractivity contribution in [3.05, 3.63) is 58.4 Å². The van der Waals surface area contributed by atoms with E-state index in [1.54, 1.807) is 6.08 Å². The van der Waals surface area contributed by atoms with Crippen LogP contribution in [-0.4, -0.2) is 33.2 Å². The summed E-state index contributed by atoms with van der Waals surface area (Å²) in [6.45, 7) is 9.78. The van der Waals surface area contributed by atoms with Gasteiger partial charge in [0.1, 0.15) is 0 Å². The van der Waals surface area contributed by atoms with Crippen molar-refractivity contribution < 1.29 is 4.79 Å². The van der Waals surface area contributed by atoms with E-state index in [-0.39, 0.29) is 5.91 Å². The first-order chi connectivity index (χ1) is 13.0. The van der Waals surface area contributed by atoms with Gasteiger partial charge in [-0.1, -0.05) is 42.7 Å². The number of carbonyl (C=O) groups is 1. The average Bonchev–Trinajstić information content (AvgIpc) is 3.26. The minimum Gasteiger partial charge on any atom is -0.336 e. The number of hydrogen-bond donors (Lipinski definition) is 0. The molecular formula is C23H31N3O. The van der Waals surface area contributed by atoms with Crippen molar-refractivity contribution in [3.8, 4) is 0 Å². The molecule has 27 heavy (non-hydrogen) atoms. The Morgan fingerprint density at radius 2 is 1.85 bits per heavy atom. The first-order valence-corrected chi connectivity index (χ1v) is 10.1. The summed E-state index contributed by atoms with van der Waals surface area (Å²) in [5.74, 6) is 0.120. The Labute approximate surface area is 162 Å². The van der Waals surface area contributed by atoms with Crippen molar-refractivity contribution in [1.82, 2.24) is 14.7 Å². The summed E-state index contributed by atoms with van der Waals surface area (Å²) in [5, 5.41) is 4.69. The van der Waals surface area contributed by atoms with Crippen LogP contribution in [0.25, 0.3) is 6.08 Å². The third-order valence-corrected chi connectivity index (χ3v) is 5.67. The van der Waals surface area contributed by atoms with Crippen LogP contribution in [0.4, 0.5) is 0 Å². The van der Waals surface area contributed by atoms with E-state index in [4.69, 9.17) is 0 Å². The molecule has 0 bridgehead atoms. The molecule has 144 valence electrons. The van der Waals surface area contributed by atoms with Gasteiger partial charge in [-0.25, -0.2) is 0 Å². The molecule has 2 aromatic rings. The molecule has 1 aliphatic carbocycles. The van der Waals surface area contributed by atoms with Crippen LogP contribution in [0.5, 0.6) is 0 Å². The Balaban J connectivity index is 1.74. The molecule has 1 aliphatic rings. The first-order valence-electron chi connectivity index (χ1n) is 10.1. The van der Waals surface area contributed by atoms with E-state index >= 15 is 0 Å². The molecule has 3 rings (SSSR count). The van der Waals surface area contributed by atoms with Crippen molar-refractivity contribution in [2.75, 3.05) is 6.54 Å². The third kappa shape index (κ3) is 4.49. The number of carbonyl (C=O) groups excluding carboxylic acids is 1. The van der Waals surface area contributed by atoms with E-state index in [1.807, 2.05) is 22.6 Å². The summed E-state index contributed by atoms with van der Waals surface area (Å²) in [5.41, 5.74) is 5.61. The molecule has 1 amide bonds. The molecule has 1 aromatic heterocycles. The van der Waals surface area contributed by atoms with E-state index in [9.17, 15) is 4.79 Å². The minimum absolute atomic E-state index is 0.120. The summed E-state index contributed by atoms with van der Waals surface area (Å²) in [6, 6.07) is 8.96. The SMILES string of the molecule is CCN(C(=O)/C=C/c1c(C)nn(Cc2ccc(C)cc2)c1C)C1CCCC1. The van der Waals surface area contributed by atoms with Gasteiger partial charge in [0.15, 0.2) is 0 Å². The zero-order valence-electron chi connectivity index (χ0n) is 17.0. The largest absolute Gasteiger partial charge is 0.336 e. The van der Waals surface area contributed by atoms with Crippen molar-refractivity contribution >= 4 is 12.0 Å². The Morgan fingerprint density at radius 3 is 2.48 bits per heavy atom. The average molecular weight is 366 g/mol. The molecule has 0 radical (unpaired) electrons. The predicted octanol–water partition coefficient (Wildman–Crippen LogP) is 4.66. The molecule has 0 saturated heterocycles. The van der Waals surface area contributed by atoms with Crippen molar-refractivity contribution in [1.29, 1.82) is 0 Å². The third-order valence-electron chi connectivity index (χ3n) is 5.67. The van der Waals surface area contributed by atoms with Gasteiger partial charge in [0.05, 0.1) is 12.2 Å². The second-order valence-electron chi connectivity index (χ2n) is 7.62. The number of nitrogens with zero attached hydrogens (tertiary/aromatic N) is 3.